The zero-order valence-electron chi connectivity index (χ0n) is 18.8. The lowest BCUT2D eigenvalue weighted by atomic mass is 10.0. The molecule has 1 atom stereocenters. The molecule has 0 aliphatic heterocycles. The highest BCUT2D eigenvalue weighted by molar-refractivity contribution is 7.99. The molecule has 1 N–H and O–H groups in total. The Bertz CT molecular complexity index is 965. The van der Waals surface area contributed by atoms with E-state index < -0.39 is 0 Å². The molecule has 2 heterocycles. The van der Waals surface area contributed by atoms with Crippen LogP contribution < -0.4 is 5.32 Å². The zero-order valence-corrected chi connectivity index (χ0v) is 19.6. The summed E-state index contributed by atoms with van der Waals surface area (Å²) >= 11 is 1.42. The van der Waals surface area contributed by atoms with E-state index in [1.54, 1.807) is 6.26 Å². The number of amides is 1. The summed E-state index contributed by atoms with van der Waals surface area (Å²) in [7, 11) is 0. The second-order valence-electron chi connectivity index (χ2n) is 8.35. The number of thioether (sulfide) groups is 1. The van der Waals surface area contributed by atoms with Crippen LogP contribution in [0.15, 0.2) is 52.2 Å². The van der Waals surface area contributed by atoms with E-state index in [0.717, 1.165) is 40.7 Å². The largest absolute Gasteiger partial charge is 0.469 e. The molecule has 166 valence electrons. The van der Waals surface area contributed by atoms with Gasteiger partial charge in [0.15, 0.2) is 11.0 Å². The first kappa shape index (κ1) is 23.1. The molecule has 1 aromatic carbocycles. The van der Waals surface area contributed by atoms with Crippen molar-refractivity contribution >= 4 is 17.7 Å². The molecular formula is C24H32N4O2S. The number of aromatic nitrogens is 3. The number of benzene rings is 1. The second-order valence-corrected chi connectivity index (χ2v) is 9.29. The van der Waals surface area contributed by atoms with Gasteiger partial charge in [0, 0.05) is 6.04 Å². The zero-order chi connectivity index (χ0) is 22.2. The van der Waals surface area contributed by atoms with Gasteiger partial charge in [-0.15, -0.1) is 10.2 Å². The van der Waals surface area contributed by atoms with Crippen molar-refractivity contribution in [1.82, 2.24) is 20.1 Å². The molecule has 7 heteroatoms. The maximum Gasteiger partial charge on any atom is 0.230 e. The first-order valence-corrected chi connectivity index (χ1v) is 11.9. The van der Waals surface area contributed by atoms with Crippen LogP contribution in [0.4, 0.5) is 0 Å². The van der Waals surface area contributed by atoms with Gasteiger partial charge in [0.05, 0.1) is 24.1 Å². The molecule has 0 fully saturated rings. The maximum absolute atomic E-state index is 12.5. The number of aryl methyl sites for hydroxylation is 1. The quantitative estimate of drug-likeness (QED) is 0.409. The number of hydrogen-bond acceptors (Lipinski definition) is 5. The van der Waals surface area contributed by atoms with Crippen LogP contribution in [0.3, 0.4) is 0 Å². The van der Waals surface area contributed by atoms with Crippen molar-refractivity contribution in [1.29, 1.82) is 0 Å². The van der Waals surface area contributed by atoms with Crippen molar-refractivity contribution in [3.8, 4) is 11.4 Å². The Labute approximate surface area is 188 Å². The van der Waals surface area contributed by atoms with Gasteiger partial charge in [0.25, 0.3) is 0 Å². The fraction of sp³-hybridized carbons (Fsp3) is 0.458. The molecule has 0 spiro atoms. The van der Waals surface area contributed by atoms with Crippen LogP contribution in [0, 0.1) is 12.8 Å². The summed E-state index contributed by atoms with van der Waals surface area (Å²) in [5.41, 5.74) is 2.06. The van der Waals surface area contributed by atoms with Gasteiger partial charge in [-0.25, -0.2) is 0 Å². The first-order chi connectivity index (χ1) is 14.9. The third-order valence-electron chi connectivity index (χ3n) is 5.16. The molecule has 31 heavy (non-hydrogen) atoms. The number of nitrogens with one attached hydrogen (secondary N) is 1. The number of carbonyl (C=O) groups is 1. The number of nitrogens with zero attached hydrogens (tertiary/aromatic N) is 3. The minimum atomic E-state index is 0.0253. The summed E-state index contributed by atoms with van der Waals surface area (Å²) in [6, 6.07) is 12.3. The Hall–Kier alpha value is -2.54. The summed E-state index contributed by atoms with van der Waals surface area (Å²) in [5.74, 6) is 2.58. The minimum absolute atomic E-state index is 0.0253. The topological polar surface area (TPSA) is 72.9 Å². The van der Waals surface area contributed by atoms with Gasteiger partial charge in [0.1, 0.15) is 5.76 Å². The van der Waals surface area contributed by atoms with E-state index in [-0.39, 0.29) is 11.9 Å². The van der Waals surface area contributed by atoms with E-state index in [2.05, 4.69) is 53.0 Å². The van der Waals surface area contributed by atoms with Crippen molar-refractivity contribution in [2.45, 2.75) is 64.7 Å². The monoisotopic (exact) mass is 440 g/mol. The van der Waals surface area contributed by atoms with Crippen molar-refractivity contribution in [3.63, 3.8) is 0 Å². The van der Waals surface area contributed by atoms with E-state index in [1.807, 2.05) is 31.2 Å². The SMILES string of the molecule is Cc1occc1-c1nnc(SCC(=O)N[C@@H](C)CCCC(C)C)n1Cc1ccccc1. The Morgan fingerprint density at radius 2 is 1.90 bits per heavy atom. The van der Waals surface area contributed by atoms with Crippen LogP contribution in [0.2, 0.25) is 0 Å². The van der Waals surface area contributed by atoms with Crippen molar-refractivity contribution in [2.75, 3.05) is 5.75 Å². The fourth-order valence-corrected chi connectivity index (χ4v) is 4.22. The molecular weight excluding hydrogens is 408 g/mol. The molecule has 0 saturated heterocycles. The Kier molecular flexibility index (Phi) is 8.35. The van der Waals surface area contributed by atoms with Crippen LogP contribution in [0.5, 0.6) is 0 Å². The van der Waals surface area contributed by atoms with Gasteiger partial charge in [-0.2, -0.15) is 0 Å². The minimum Gasteiger partial charge on any atom is -0.469 e. The normalized spacial score (nSPS) is 12.3. The summed E-state index contributed by atoms with van der Waals surface area (Å²) in [6.07, 6.45) is 4.98. The molecule has 6 nitrogen and oxygen atoms in total. The fourth-order valence-electron chi connectivity index (χ4n) is 3.47. The highest BCUT2D eigenvalue weighted by Crippen LogP contribution is 2.28. The Morgan fingerprint density at radius 3 is 2.58 bits per heavy atom. The summed E-state index contributed by atoms with van der Waals surface area (Å²) in [5, 5.41) is 12.6. The predicted octanol–water partition coefficient (Wildman–Crippen LogP) is 5.32. The lowest BCUT2D eigenvalue weighted by Crippen LogP contribution is -2.33. The van der Waals surface area contributed by atoms with Gasteiger partial charge >= 0.3 is 0 Å². The molecule has 2 aromatic heterocycles. The smallest absolute Gasteiger partial charge is 0.230 e. The predicted molar refractivity (Wildman–Crippen MR) is 125 cm³/mol. The van der Waals surface area contributed by atoms with Crippen LogP contribution in [0.25, 0.3) is 11.4 Å². The molecule has 0 aliphatic rings. The molecule has 0 aliphatic carbocycles. The van der Waals surface area contributed by atoms with Gasteiger partial charge in [0.2, 0.25) is 5.91 Å². The lowest BCUT2D eigenvalue weighted by Gasteiger charge is -2.14. The summed E-state index contributed by atoms with van der Waals surface area (Å²) < 4.78 is 7.52. The van der Waals surface area contributed by atoms with E-state index in [4.69, 9.17) is 4.42 Å². The third kappa shape index (κ3) is 6.72. The highest BCUT2D eigenvalue weighted by atomic mass is 32.2. The summed E-state index contributed by atoms with van der Waals surface area (Å²) in [6.45, 7) is 9.07. The molecule has 3 aromatic rings. The van der Waals surface area contributed by atoms with E-state index in [1.165, 1.54) is 18.2 Å². The average Bonchev–Trinajstić information content (AvgIpc) is 3.32. The molecule has 0 saturated carbocycles. The van der Waals surface area contributed by atoms with Crippen molar-refractivity contribution < 1.29 is 9.21 Å². The molecule has 0 bridgehead atoms. The maximum atomic E-state index is 12.5. The van der Waals surface area contributed by atoms with Gasteiger partial charge < -0.3 is 9.73 Å². The molecule has 3 rings (SSSR count). The second kappa shape index (κ2) is 11.2. The lowest BCUT2D eigenvalue weighted by molar-refractivity contribution is -0.119. The highest BCUT2D eigenvalue weighted by Gasteiger charge is 2.19. The third-order valence-corrected chi connectivity index (χ3v) is 6.13. The van der Waals surface area contributed by atoms with Crippen molar-refractivity contribution in [3.05, 3.63) is 54.0 Å². The van der Waals surface area contributed by atoms with Crippen LogP contribution in [0.1, 0.15) is 51.4 Å². The number of hydrogen-bond donors (Lipinski definition) is 1. The molecule has 1 amide bonds. The van der Waals surface area contributed by atoms with Gasteiger partial charge in [-0.05, 0) is 37.8 Å². The molecule has 0 unspecified atom stereocenters. The Balaban J connectivity index is 1.67. The standard InChI is InChI=1S/C24H32N4O2S/c1-17(2)9-8-10-18(3)25-22(29)16-31-24-27-26-23(21-13-14-30-19(21)4)28(24)15-20-11-6-5-7-12-20/h5-7,11-14,17-18H,8-10,15-16H2,1-4H3,(H,25,29)/t18-/m0/s1. The number of furan rings is 1. The average molecular weight is 441 g/mol. The van der Waals surface area contributed by atoms with Crippen LogP contribution in [-0.2, 0) is 11.3 Å². The first-order valence-electron chi connectivity index (χ1n) is 10.9. The number of carbonyl (C=O) groups excluding carboxylic acids is 1. The van der Waals surface area contributed by atoms with E-state index in [9.17, 15) is 4.79 Å². The molecule has 0 radical (unpaired) electrons. The van der Waals surface area contributed by atoms with E-state index in [0.29, 0.717) is 18.2 Å². The van der Waals surface area contributed by atoms with E-state index >= 15 is 0 Å². The van der Waals surface area contributed by atoms with Crippen LogP contribution >= 0.6 is 11.8 Å². The number of rotatable bonds is 11. The summed E-state index contributed by atoms with van der Waals surface area (Å²) in [4.78, 5) is 12.5. The van der Waals surface area contributed by atoms with Gasteiger partial charge in [-0.1, -0.05) is 68.8 Å². The van der Waals surface area contributed by atoms with Crippen LogP contribution in [-0.4, -0.2) is 32.5 Å². The van der Waals surface area contributed by atoms with Gasteiger partial charge in [-0.3, -0.25) is 9.36 Å². The van der Waals surface area contributed by atoms with Crippen molar-refractivity contribution in [2.24, 2.45) is 5.92 Å². The Morgan fingerprint density at radius 1 is 1.13 bits per heavy atom.